The average Bonchev–Trinajstić information content (AvgIpc) is 3.64. The van der Waals surface area contributed by atoms with E-state index in [1.807, 2.05) is 24.8 Å². The molecule has 0 saturated heterocycles. The first-order chi connectivity index (χ1) is 17.4. The lowest BCUT2D eigenvalue weighted by molar-refractivity contribution is 1.18. The van der Waals surface area contributed by atoms with Crippen molar-refractivity contribution in [2.75, 3.05) is 0 Å². The number of pyridine rings is 2. The molecule has 164 valence electrons. The molecule has 5 aromatic heterocycles. The first-order valence-corrected chi connectivity index (χ1v) is 12.5. The Morgan fingerprint density at radius 2 is 1.49 bits per heavy atom. The molecule has 0 aliphatic rings. The molecule has 8 rings (SSSR count). The Morgan fingerprint density at radius 3 is 2.31 bits per heavy atom. The van der Waals surface area contributed by atoms with Crippen LogP contribution in [0.5, 0.6) is 0 Å². The summed E-state index contributed by atoms with van der Waals surface area (Å²) in [6, 6.07) is 28.2. The van der Waals surface area contributed by atoms with Crippen LogP contribution in [0.25, 0.3) is 65.3 Å². The van der Waals surface area contributed by atoms with E-state index in [1.165, 1.54) is 37.6 Å². The molecule has 0 fully saturated rings. The second-order valence-corrected chi connectivity index (χ2v) is 9.67. The topological polar surface area (TPSA) is 35.1 Å². The van der Waals surface area contributed by atoms with Crippen molar-refractivity contribution in [3.63, 3.8) is 0 Å². The van der Waals surface area contributed by atoms with Crippen LogP contribution in [0.4, 0.5) is 0 Å². The highest BCUT2D eigenvalue weighted by molar-refractivity contribution is 7.15. The summed E-state index contributed by atoms with van der Waals surface area (Å²) in [5.74, 6) is 0. The molecular formula is C30H18N4S. The van der Waals surface area contributed by atoms with Gasteiger partial charge in [-0.25, -0.2) is 4.98 Å². The highest BCUT2D eigenvalue weighted by Gasteiger charge is 2.17. The van der Waals surface area contributed by atoms with Crippen molar-refractivity contribution in [2.24, 2.45) is 0 Å². The molecule has 35 heavy (non-hydrogen) atoms. The molecule has 8 aromatic rings. The lowest BCUT2D eigenvalue weighted by Crippen LogP contribution is -1.94. The number of imidazole rings is 1. The van der Waals surface area contributed by atoms with Gasteiger partial charge in [0.25, 0.3) is 0 Å². The molecule has 0 amide bonds. The van der Waals surface area contributed by atoms with Gasteiger partial charge in [0.2, 0.25) is 0 Å². The van der Waals surface area contributed by atoms with E-state index in [1.54, 1.807) is 11.3 Å². The Morgan fingerprint density at radius 1 is 0.686 bits per heavy atom. The highest BCUT2D eigenvalue weighted by Crippen LogP contribution is 2.42. The molecule has 3 aromatic carbocycles. The summed E-state index contributed by atoms with van der Waals surface area (Å²) in [5, 5.41) is 8.30. The number of para-hydroxylation sites is 2. The van der Waals surface area contributed by atoms with Gasteiger partial charge in [-0.2, -0.15) is 0 Å². The van der Waals surface area contributed by atoms with Crippen molar-refractivity contribution in [2.45, 2.75) is 0 Å². The monoisotopic (exact) mass is 466 g/mol. The molecule has 0 unspecified atom stereocenters. The predicted octanol–water partition coefficient (Wildman–Crippen LogP) is 7.86. The van der Waals surface area contributed by atoms with E-state index in [-0.39, 0.29) is 0 Å². The Balaban J connectivity index is 1.44. The van der Waals surface area contributed by atoms with Gasteiger partial charge in [0.1, 0.15) is 5.65 Å². The minimum absolute atomic E-state index is 0.986. The summed E-state index contributed by atoms with van der Waals surface area (Å²) in [5.41, 5.74) is 6.90. The van der Waals surface area contributed by atoms with Crippen LogP contribution in [0, 0.1) is 0 Å². The van der Waals surface area contributed by atoms with E-state index in [4.69, 9.17) is 0 Å². The van der Waals surface area contributed by atoms with E-state index in [0.29, 0.717) is 0 Å². The van der Waals surface area contributed by atoms with Crippen molar-refractivity contribution in [3.05, 3.63) is 109 Å². The predicted molar refractivity (Wildman–Crippen MR) is 146 cm³/mol. The van der Waals surface area contributed by atoms with Crippen LogP contribution in [0.2, 0.25) is 0 Å². The van der Waals surface area contributed by atoms with Gasteiger partial charge in [-0.15, -0.1) is 11.3 Å². The smallest absolute Gasteiger partial charge is 0.145 e. The summed E-state index contributed by atoms with van der Waals surface area (Å²) in [6.45, 7) is 0. The van der Waals surface area contributed by atoms with Crippen molar-refractivity contribution < 1.29 is 0 Å². The number of hydrogen-bond acceptors (Lipinski definition) is 3. The fourth-order valence-electron chi connectivity index (χ4n) is 5.48. The first kappa shape index (κ1) is 18.9. The molecule has 0 atom stereocenters. The number of nitrogens with zero attached hydrogens (tertiary/aromatic N) is 4. The number of benzene rings is 3. The largest absolute Gasteiger partial charge is 0.309 e. The van der Waals surface area contributed by atoms with Crippen molar-refractivity contribution in [1.82, 2.24) is 18.9 Å². The van der Waals surface area contributed by atoms with Crippen molar-refractivity contribution >= 4 is 60.5 Å². The molecule has 0 N–H and O–H groups in total. The Kier molecular flexibility index (Phi) is 3.78. The van der Waals surface area contributed by atoms with Crippen LogP contribution in [0.1, 0.15) is 0 Å². The lowest BCUT2D eigenvalue weighted by atomic mass is 10.0. The zero-order valence-corrected chi connectivity index (χ0v) is 19.4. The zero-order chi connectivity index (χ0) is 22.9. The third-order valence-electron chi connectivity index (χ3n) is 6.95. The molecule has 0 aliphatic carbocycles. The second kappa shape index (κ2) is 7.01. The van der Waals surface area contributed by atoms with Crippen LogP contribution in [-0.2, 0) is 0 Å². The van der Waals surface area contributed by atoms with Crippen molar-refractivity contribution in [1.29, 1.82) is 0 Å². The first-order valence-electron chi connectivity index (χ1n) is 11.6. The van der Waals surface area contributed by atoms with Gasteiger partial charge in [0.15, 0.2) is 0 Å². The molecule has 0 saturated carbocycles. The minimum atomic E-state index is 0.986. The zero-order valence-electron chi connectivity index (χ0n) is 18.6. The number of thiophene rings is 1. The Labute approximate surface area is 204 Å². The summed E-state index contributed by atoms with van der Waals surface area (Å²) < 4.78 is 4.53. The third kappa shape index (κ3) is 2.56. The number of hydrogen-bond donors (Lipinski definition) is 0. The Hall–Kier alpha value is -4.48. The lowest BCUT2D eigenvalue weighted by Gasteiger charge is -2.11. The molecule has 5 heterocycles. The van der Waals surface area contributed by atoms with Crippen LogP contribution in [0.15, 0.2) is 109 Å². The van der Waals surface area contributed by atoms with Crippen molar-refractivity contribution in [3.8, 4) is 16.1 Å². The summed E-state index contributed by atoms with van der Waals surface area (Å²) >= 11 is 1.77. The van der Waals surface area contributed by atoms with Gasteiger partial charge >= 0.3 is 0 Å². The maximum Gasteiger partial charge on any atom is 0.145 e. The minimum Gasteiger partial charge on any atom is -0.309 e. The maximum absolute atomic E-state index is 4.68. The molecule has 0 radical (unpaired) electrons. The molecule has 0 bridgehead atoms. The van der Waals surface area contributed by atoms with Crippen LogP contribution < -0.4 is 0 Å². The number of rotatable bonds is 2. The standard InChI is InChI=1S/C30H18N4S/c1-3-10-26-21(8-1)22-9-2-4-11-27(22)34(26)20-7-5-6-19(16-20)29-28-23-17-31-13-12-25(23)33-15-14-32-30(33)24(28)18-35-29/h1-18H. The van der Waals surface area contributed by atoms with Crippen LogP contribution in [-0.4, -0.2) is 18.9 Å². The molecule has 5 heteroatoms. The van der Waals surface area contributed by atoms with Crippen LogP contribution >= 0.6 is 11.3 Å². The third-order valence-corrected chi connectivity index (χ3v) is 7.98. The van der Waals surface area contributed by atoms with E-state index >= 15 is 0 Å². The second-order valence-electron chi connectivity index (χ2n) is 8.79. The van der Waals surface area contributed by atoms with E-state index in [2.05, 4.69) is 103 Å². The van der Waals surface area contributed by atoms with Gasteiger partial charge in [0, 0.05) is 67.7 Å². The number of fused-ring (bicyclic) bond motifs is 9. The van der Waals surface area contributed by atoms with Gasteiger partial charge in [-0.3, -0.25) is 9.38 Å². The summed E-state index contributed by atoms with van der Waals surface area (Å²) in [6.07, 6.45) is 7.72. The molecule has 0 aliphatic heterocycles. The van der Waals surface area contributed by atoms with Gasteiger partial charge in [0.05, 0.1) is 16.6 Å². The SMILES string of the molecule is c1cc(-c2scc3c2c2cnccc2n2ccnc32)cc(-n2c3ccccc3c3ccccc32)c1. The summed E-state index contributed by atoms with van der Waals surface area (Å²) in [4.78, 5) is 10.4. The maximum atomic E-state index is 4.68. The molecule has 4 nitrogen and oxygen atoms in total. The average molecular weight is 467 g/mol. The quantitative estimate of drug-likeness (QED) is 0.260. The number of aromatic nitrogens is 4. The Bertz CT molecular complexity index is 2020. The molecular weight excluding hydrogens is 448 g/mol. The van der Waals surface area contributed by atoms with E-state index < -0.39 is 0 Å². The van der Waals surface area contributed by atoms with E-state index in [0.717, 1.165) is 27.6 Å². The fraction of sp³-hybridized carbons (Fsp3) is 0. The van der Waals surface area contributed by atoms with Gasteiger partial charge < -0.3 is 4.57 Å². The van der Waals surface area contributed by atoms with Crippen LogP contribution in [0.3, 0.4) is 0 Å². The van der Waals surface area contributed by atoms with E-state index in [9.17, 15) is 0 Å². The van der Waals surface area contributed by atoms with Gasteiger partial charge in [-0.1, -0.05) is 48.5 Å². The highest BCUT2D eigenvalue weighted by atomic mass is 32.1. The molecule has 0 spiro atoms. The fourth-order valence-corrected chi connectivity index (χ4v) is 6.54. The van der Waals surface area contributed by atoms with Gasteiger partial charge in [-0.05, 0) is 35.9 Å². The normalized spacial score (nSPS) is 12.0. The summed E-state index contributed by atoms with van der Waals surface area (Å²) in [7, 11) is 0.